The van der Waals surface area contributed by atoms with Crippen molar-refractivity contribution in [1.29, 1.82) is 0 Å². The number of hydrogen-bond donors (Lipinski definition) is 1. The van der Waals surface area contributed by atoms with Crippen molar-refractivity contribution >= 4 is 11.9 Å². The third-order valence-electron chi connectivity index (χ3n) is 3.86. The second-order valence-electron chi connectivity index (χ2n) is 5.31. The largest absolute Gasteiger partial charge is 0.478 e. The van der Waals surface area contributed by atoms with E-state index >= 15 is 0 Å². The molecule has 0 bridgehead atoms. The predicted molar refractivity (Wildman–Crippen MR) is 90.6 cm³/mol. The van der Waals surface area contributed by atoms with Crippen molar-refractivity contribution in [3.8, 4) is 0 Å². The van der Waals surface area contributed by atoms with Crippen molar-refractivity contribution in [2.24, 2.45) is 0 Å². The highest BCUT2D eigenvalue weighted by Gasteiger charge is 2.29. The van der Waals surface area contributed by atoms with Gasteiger partial charge in [0.05, 0.1) is 11.6 Å². The van der Waals surface area contributed by atoms with Crippen LogP contribution in [0.4, 0.5) is 0 Å². The average molecular weight is 317 g/mol. The highest BCUT2D eigenvalue weighted by atomic mass is 16.4. The van der Waals surface area contributed by atoms with Gasteiger partial charge in [0.1, 0.15) is 5.70 Å². The fourth-order valence-corrected chi connectivity index (χ4v) is 2.80. The van der Waals surface area contributed by atoms with E-state index in [1.165, 1.54) is 6.08 Å². The fourth-order valence-electron chi connectivity index (χ4n) is 2.80. The van der Waals surface area contributed by atoms with Gasteiger partial charge in [-0.2, -0.15) is 0 Å². The van der Waals surface area contributed by atoms with Crippen LogP contribution in [0.1, 0.15) is 17.2 Å². The summed E-state index contributed by atoms with van der Waals surface area (Å²) in [6, 6.07) is 19.0. The minimum absolute atomic E-state index is 0.0164. The van der Waals surface area contributed by atoms with E-state index in [2.05, 4.69) is 0 Å². The number of carbonyl (C=O) groups excluding carboxylic acids is 1. The maximum Gasteiger partial charge on any atom is 0.338 e. The van der Waals surface area contributed by atoms with Crippen LogP contribution in [0.2, 0.25) is 0 Å². The van der Waals surface area contributed by atoms with E-state index < -0.39 is 5.97 Å². The van der Waals surface area contributed by atoms with E-state index in [1.54, 1.807) is 23.1 Å². The first kappa shape index (κ1) is 15.5. The van der Waals surface area contributed by atoms with Gasteiger partial charge in [0.2, 0.25) is 0 Å². The fraction of sp³-hybridized carbons (Fsp3) is 0.0500. The number of hydrogen-bond acceptors (Lipinski definition) is 3. The van der Waals surface area contributed by atoms with Crippen LogP contribution >= 0.6 is 0 Å². The van der Waals surface area contributed by atoms with E-state index in [4.69, 9.17) is 0 Å². The molecule has 0 saturated carbocycles. The van der Waals surface area contributed by atoms with Gasteiger partial charge < -0.3 is 10.0 Å². The Labute approximate surface area is 139 Å². The summed E-state index contributed by atoms with van der Waals surface area (Å²) in [5.74, 6) is 0.647. The van der Waals surface area contributed by atoms with Crippen LogP contribution in [-0.2, 0) is 9.59 Å². The van der Waals surface area contributed by atoms with Crippen LogP contribution in [0.5, 0.6) is 0 Å². The van der Waals surface area contributed by atoms with Gasteiger partial charge in [0.15, 0.2) is 5.94 Å². The molecule has 0 aliphatic carbocycles. The normalized spacial score (nSPS) is 13.6. The number of rotatable bonds is 4. The molecule has 1 heterocycles. The van der Waals surface area contributed by atoms with Gasteiger partial charge in [-0.15, -0.1) is 0 Å². The molecule has 3 rings (SSSR count). The van der Waals surface area contributed by atoms with Gasteiger partial charge in [0.25, 0.3) is 0 Å². The van der Waals surface area contributed by atoms with Crippen LogP contribution in [0, 0.1) is 0 Å². The Hall–Kier alpha value is -3.36. The molecule has 4 heteroatoms. The standard InChI is InChI=1S/C20H15NO3/c22-14-18-17(20(23)24)12-7-13-21(18)19(15-8-3-1-4-9-15)16-10-5-2-6-11-16/h1-13,19H,(H,23,24). The van der Waals surface area contributed by atoms with Crippen molar-refractivity contribution < 1.29 is 14.7 Å². The van der Waals surface area contributed by atoms with Gasteiger partial charge in [0, 0.05) is 6.20 Å². The monoisotopic (exact) mass is 317 g/mol. The Morgan fingerprint density at radius 1 is 0.958 bits per heavy atom. The van der Waals surface area contributed by atoms with Gasteiger partial charge in [-0.1, -0.05) is 60.7 Å². The van der Waals surface area contributed by atoms with E-state index in [0.29, 0.717) is 0 Å². The smallest absolute Gasteiger partial charge is 0.338 e. The zero-order chi connectivity index (χ0) is 16.9. The lowest BCUT2D eigenvalue weighted by Crippen LogP contribution is -2.29. The molecule has 0 saturated heterocycles. The van der Waals surface area contributed by atoms with Crippen LogP contribution in [-0.4, -0.2) is 21.9 Å². The number of carboxylic acid groups (broad SMARTS) is 1. The van der Waals surface area contributed by atoms with Crippen LogP contribution in [0.15, 0.2) is 90.3 Å². The molecule has 0 fully saturated rings. The lowest BCUT2D eigenvalue weighted by molar-refractivity contribution is -0.132. The highest BCUT2D eigenvalue weighted by molar-refractivity contribution is 5.95. The molecule has 0 radical (unpaired) electrons. The molecule has 1 aliphatic rings. The van der Waals surface area contributed by atoms with Gasteiger partial charge >= 0.3 is 5.97 Å². The van der Waals surface area contributed by atoms with Crippen LogP contribution < -0.4 is 0 Å². The van der Waals surface area contributed by atoms with Crippen LogP contribution in [0.25, 0.3) is 0 Å². The minimum atomic E-state index is -1.15. The molecule has 24 heavy (non-hydrogen) atoms. The molecular weight excluding hydrogens is 302 g/mol. The number of carboxylic acids is 1. The molecule has 4 nitrogen and oxygen atoms in total. The molecule has 0 spiro atoms. The number of aliphatic carboxylic acids is 1. The van der Waals surface area contributed by atoms with Crippen molar-refractivity contribution in [3.63, 3.8) is 0 Å². The Balaban J connectivity index is 2.13. The predicted octanol–water partition coefficient (Wildman–Crippen LogP) is 3.33. The Morgan fingerprint density at radius 3 is 1.96 bits per heavy atom. The summed E-state index contributed by atoms with van der Waals surface area (Å²) < 4.78 is 0. The van der Waals surface area contributed by atoms with E-state index in [-0.39, 0.29) is 17.3 Å². The Morgan fingerprint density at radius 2 is 1.50 bits per heavy atom. The maximum atomic E-state index is 11.5. The number of nitrogens with zero attached hydrogens (tertiary/aromatic N) is 1. The molecule has 0 aromatic heterocycles. The summed E-state index contributed by atoms with van der Waals surface area (Å²) in [6.45, 7) is 0. The summed E-state index contributed by atoms with van der Waals surface area (Å²) in [7, 11) is 0. The summed E-state index contributed by atoms with van der Waals surface area (Å²) in [5.41, 5.74) is 1.85. The first-order valence-electron chi connectivity index (χ1n) is 7.48. The number of carbonyl (C=O) groups is 1. The van der Waals surface area contributed by atoms with Gasteiger partial charge in [-0.25, -0.2) is 9.59 Å². The van der Waals surface area contributed by atoms with Crippen molar-refractivity contribution in [3.05, 3.63) is 101 Å². The molecule has 0 unspecified atom stereocenters. The molecule has 2 aromatic rings. The van der Waals surface area contributed by atoms with Crippen LogP contribution in [0.3, 0.4) is 0 Å². The maximum absolute atomic E-state index is 11.5. The third kappa shape index (κ3) is 2.91. The van der Waals surface area contributed by atoms with Gasteiger partial charge in [-0.3, -0.25) is 0 Å². The summed E-state index contributed by atoms with van der Waals surface area (Å²) in [6.07, 6.45) is 4.74. The van der Waals surface area contributed by atoms with Crippen molar-refractivity contribution in [2.75, 3.05) is 0 Å². The second kappa shape index (κ2) is 6.82. The first-order valence-corrected chi connectivity index (χ1v) is 7.48. The number of benzene rings is 2. The molecule has 2 aromatic carbocycles. The van der Waals surface area contributed by atoms with E-state index in [0.717, 1.165) is 11.1 Å². The lowest BCUT2D eigenvalue weighted by atomic mass is 9.95. The molecular formula is C20H15NO3. The molecule has 118 valence electrons. The zero-order valence-electron chi connectivity index (χ0n) is 12.8. The van der Waals surface area contributed by atoms with Crippen molar-refractivity contribution in [1.82, 2.24) is 4.90 Å². The Kier molecular flexibility index (Phi) is 4.41. The molecule has 1 aliphatic heterocycles. The Bertz CT molecular complexity index is 807. The topological polar surface area (TPSA) is 57.6 Å². The molecule has 0 amide bonds. The summed E-state index contributed by atoms with van der Waals surface area (Å²) >= 11 is 0. The highest BCUT2D eigenvalue weighted by Crippen LogP contribution is 2.34. The van der Waals surface area contributed by atoms with E-state index in [9.17, 15) is 14.7 Å². The van der Waals surface area contributed by atoms with E-state index in [1.807, 2.05) is 60.7 Å². The average Bonchev–Trinajstić information content (AvgIpc) is 2.63. The zero-order valence-corrected chi connectivity index (χ0v) is 12.8. The minimum Gasteiger partial charge on any atom is -0.478 e. The van der Waals surface area contributed by atoms with Crippen molar-refractivity contribution in [2.45, 2.75) is 6.04 Å². The quantitative estimate of drug-likeness (QED) is 0.879. The second-order valence-corrected chi connectivity index (χ2v) is 5.31. The summed E-state index contributed by atoms with van der Waals surface area (Å²) in [4.78, 5) is 24.6. The number of allylic oxidation sites excluding steroid dienone is 2. The SMILES string of the molecule is O=C=C1C(C(=O)O)=CC=CN1C(c1ccccc1)c1ccccc1. The first-order chi connectivity index (χ1) is 11.7. The van der Waals surface area contributed by atoms with Gasteiger partial charge in [-0.05, 0) is 23.3 Å². The summed E-state index contributed by atoms with van der Waals surface area (Å²) in [5, 5.41) is 9.35. The molecule has 1 N–H and O–H groups in total. The lowest BCUT2D eigenvalue weighted by Gasteiger charge is -2.33. The third-order valence-corrected chi connectivity index (χ3v) is 3.86. The molecule has 0 atom stereocenters.